The quantitative estimate of drug-likeness (QED) is 0.347. The molecule has 0 unspecified atom stereocenters. The molecule has 0 aliphatic carbocycles. The molecular weight excluding hydrogens is 576 g/mol. The van der Waals surface area contributed by atoms with E-state index in [4.69, 9.17) is 14.2 Å². The molecule has 10 heteroatoms. The van der Waals surface area contributed by atoms with Crippen molar-refractivity contribution in [3.8, 4) is 0 Å². The number of ketones is 2. The molecule has 2 N–H and O–H groups in total. The van der Waals surface area contributed by atoms with E-state index < -0.39 is 53.4 Å². The molecule has 0 aromatic rings. The van der Waals surface area contributed by atoms with E-state index in [0.29, 0.717) is 51.5 Å². The van der Waals surface area contributed by atoms with Crippen LogP contribution in [-0.4, -0.2) is 114 Å². The van der Waals surface area contributed by atoms with Crippen LogP contribution in [0.5, 0.6) is 0 Å². The fourth-order valence-corrected chi connectivity index (χ4v) is 8.41. The summed E-state index contributed by atoms with van der Waals surface area (Å²) in [7, 11) is 5.90. The van der Waals surface area contributed by atoms with Crippen molar-refractivity contribution in [3.63, 3.8) is 0 Å². The number of aliphatic hydroxyl groups is 2. The van der Waals surface area contributed by atoms with Gasteiger partial charge in [-0.05, 0) is 98.2 Å². The zero-order chi connectivity index (χ0) is 34.0. The molecule has 0 aromatic heterocycles. The van der Waals surface area contributed by atoms with E-state index in [0.717, 1.165) is 0 Å². The molecule has 10 nitrogen and oxygen atoms in total. The van der Waals surface area contributed by atoms with Crippen LogP contribution in [-0.2, 0) is 28.6 Å². The van der Waals surface area contributed by atoms with E-state index in [1.165, 1.54) is 0 Å². The maximum atomic E-state index is 14.2. The van der Waals surface area contributed by atoms with Gasteiger partial charge >= 0.3 is 5.97 Å². The minimum absolute atomic E-state index is 0.0101. The molecule has 4 saturated heterocycles. The van der Waals surface area contributed by atoms with Gasteiger partial charge in [0.2, 0.25) is 0 Å². The van der Waals surface area contributed by atoms with Crippen molar-refractivity contribution in [1.82, 2.24) is 9.80 Å². The molecule has 260 valence electrons. The van der Waals surface area contributed by atoms with Gasteiger partial charge in [-0.1, -0.05) is 27.7 Å². The Hall–Kier alpha value is -1.43. The Morgan fingerprint density at radius 2 is 1.71 bits per heavy atom. The van der Waals surface area contributed by atoms with Gasteiger partial charge in [-0.3, -0.25) is 14.4 Å². The van der Waals surface area contributed by atoms with Gasteiger partial charge in [0, 0.05) is 37.4 Å². The summed E-state index contributed by atoms with van der Waals surface area (Å²) in [5, 5.41) is 23.4. The number of hydrogen-bond donors (Lipinski definition) is 2. The number of carbonyl (C=O) groups is 3. The number of esters is 1. The fraction of sp³-hybridized carbons (Fsp3) is 0.914. The second-order valence-corrected chi connectivity index (χ2v) is 15.4. The van der Waals surface area contributed by atoms with Crippen LogP contribution < -0.4 is 0 Å². The molecule has 4 rings (SSSR count). The monoisotopic (exact) mass is 638 g/mol. The molecular formula is C35H62N2O8. The Balaban J connectivity index is 2.19. The summed E-state index contributed by atoms with van der Waals surface area (Å²) in [4.78, 5) is 45.5. The van der Waals surface area contributed by atoms with Gasteiger partial charge < -0.3 is 34.2 Å². The molecule has 4 fully saturated rings. The lowest BCUT2D eigenvalue weighted by Gasteiger charge is -2.48. The Labute approximate surface area is 271 Å². The molecule has 45 heavy (non-hydrogen) atoms. The van der Waals surface area contributed by atoms with E-state index in [9.17, 15) is 24.6 Å². The van der Waals surface area contributed by atoms with Gasteiger partial charge in [-0.15, -0.1) is 0 Å². The minimum Gasteiger partial charge on any atom is -0.459 e. The number of aliphatic hydroxyl groups excluding tert-OH is 1. The SMILES string of the molecule is CC[C@H]1OC(=O)[C@H](C)C(=O)[C@H](C)[C@@H](O[C@@H]2O[C@H](C)C[C@H](N(C)C)[C@H]2O)[C@]2(C)CCC(=O)CC[C@H]([C@@H](C)CN(C)[C@H](C)C2)[C@]1(C)O. The highest BCUT2D eigenvalue weighted by Gasteiger charge is 2.50. The van der Waals surface area contributed by atoms with Crippen molar-refractivity contribution < 1.29 is 38.8 Å². The third-order valence-corrected chi connectivity index (χ3v) is 11.4. The Morgan fingerprint density at radius 1 is 1.07 bits per heavy atom. The van der Waals surface area contributed by atoms with Gasteiger partial charge in [0.15, 0.2) is 12.1 Å². The van der Waals surface area contributed by atoms with Crippen molar-refractivity contribution in [2.75, 3.05) is 27.7 Å². The molecule has 13 atom stereocenters. The molecule has 4 aliphatic rings. The van der Waals surface area contributed by atoms with Crippen molar-refractivity contribution in [1.29, 1.82) is 0 Å². The molecule has 0 spiro atoms. The number of Topliss-reactive ketones (excluding diaryl/α,β-unsaturated/α-hetero) is 2. The van der Waals surface area contributed by atoms with Crippen LogP contribution in [0.2, 0.25) is 0 Å². The highest BCUT2D eigenvalue weighted by molar-refractivity contribution is 6.00. The van der Waals surface area contributed by atoms with Gasteiger partial charge in [-0.2, -0.15) is 0 Å². The molecule has 2 bridgehead atoms. The third-order valence-electron chi connectivity index (χ3n) is 11.4. The summed E-state index contributed by atoms with van der Waals surface area (Å²) in [6, 6.07) is -0.163. The first-order chi connectivity index (χ1) is 20.8. The van der Waals surface area contributed by atoms with Gasteiger partial charge in [0.1, 0.15) is 29.5 Å². The lowest BCUT2D eigenvalue weighted by Crippen LogP contribution is -2.57. The van der Waals surface area contributed by atoms with E-state index >= 15 is 0 Å². The highest BCUT2D eigenvalue weighted by Crippen LogP contribution is 2.44. The molecule has 4 aliphatic heterocycles. The third kappa shape index (κ3) is 8.54. The van der Waals surface area contributed by atoms with Crippen LogP contribution >= 0.6 is 0 Å². The first kappa shape index (κ1) is 38.0. The van der Waals surface area contributed by atoms with Gasteiger partial charge in [0.05, 0.1) is 12.2 Å². The second-order valence-electron chi connectivity index (χ2n) is 15.4. The minimum atomic E-state index is -1.40. The fourth-order valence-electron chi connectivity index (χ4n) is 8.41. The number of fused-ring (bicyclic) bond motifs is 15. The lowest BCUT2D eigenvalue weighted by atomic mass is 9.68. The molecule has 0 radical (unpaired) electrons. The predicted octanol–water partition coefficient (Wildman–Crippen LogP) is 3.84. The first-order valence-corrected chi connectivity index (χ1v) is 17.2. The molecule has 4 heterocycles. The van der Waals surface area contributed by atoms with Crippen molar-refractivity contribution in [3.05, 3.63) is 0 Å². The Kier molecular flexibility index (Phi) is 12.8. The van der Waals surface area contributed by atoms with Crippen LogP contribution in [0.15, 0.2) is 0 Å². The maximum absolute atomic E-state index is 14.2. The molecule has 0 amide bonds. The number of nitrogens with zero attached hydrogens (tertiary/aromatic N) is 2. The maximum Gasteiger partial charge on any atom is 0.316 e. The summed E-state index contributed by atoms with van der Waals surface area (Å²) >= 11 is 0. The summed E-state index contributed by atoms with van der Waals surface area (Å²) in [5.74, 6) is -3.11. The highest BCUT2D eigenvalue weighted by atomic mass is 16.7. The largest absolute Gasteiger partial charge is 0.459 e. The van der Waals surface area contributed by atoms with Crippen LogP contribution in [0.3, 0.4) is 0 Å². The van der Waals surface area contributed by atoms with Crippen molar-refractivity contribution >= 4 is 17.5 Å². The van der Waals surface area contributed by atoms with Crippen molar-refractivity contribution in [2.24, 2.45) is 29.1 Å². The Bertz CT molecular complexity index is 1040. The first-order valence-electron chi connectivity index (χ1n) is 17.2. The smallest absolute Gasteiger partial charge is 0.316 e. The van der Waals surface area contributed by atoms with E-state index in [-0.39, 0.29) is 41.6 Å². The van der Waals surface area contributed by atoms with Crippen LogP contribution in [0.1, 0.15) is 100 Å². The number of ether oxygens (including phenoxy) is 3. The lowest BCUT2D eigenvalue weighted by molar-refractivity contribution is -0.287. The van der Waals surface area contributed by atoms with Crippen LogP contribution in [0, 0.1) is 29.1 Å². The number of likely N-dealkylation sites (N-methyl/N-ethyl adjacent to an activating group) is 1. The number of carbonyl (C=O) groups excluding carboxylic acids is 3. The zero-order valence-corrected chi connectivity index (χ0v) is 29.7. The standard InChI is InChI=1S/C35H62N2O8/c1-12-28-35(8,42)26-14-13-25(38)15-16-34(7,18-21(3)37(11)19-20(26)2)31(23(5)29(39)24(6)32(41)44-28)45-33-30(40)27(36(9)10)17-22(4)43-33/h20-24,26-28,30-31,33,40,42H,12-19H2,1-11H3/t20-,21+,22+,23-,24+,26+,27-,28+,30+,31+,33-,34+,35-/m0/s1. The average Bonchev–Trinajstić information content (AvgIpc) is 2.96. The predicted molar refractivity (Wildman–Crippen MR) is 172 cm³/mol. The Morgan fingerprint density at radius 3 is 2.31 bits per heavy atom. The molecule has 0 saturated carbocycles. The van der Waals surface area contributed by atoms with Crippen LogP contribution in [0.4, 0.5) is 0 Å². The molecule has 0 aromatic carbocycles. The summed E-state index contributed by atoms with van der Waals surface area (Å²) in [5.41, 5.74) is -2.08. The van der Waals surface area contributed by atoms with E-state index in [2.05, 4.69) is 32.7 Å². The summed E-state index contributed by atoms with van der Waals surface area (Å²) < 4.78 is 18.9. The number of rotatable bonds is 4. The van der Waals surface area contributed by atoms with E-state index in [1.807, 2.05) is 32.8 Å². The topological polar surface area (TPSA) is 126 Å². The summed E-state index contributed by atoms with van der Waals surface area (Å²) in [6.45, 7) is 15.8. The van der Waals surface area contributed by atoms with E-state index in [1.54, 1.807) is 20.8 Å². The average molecular weight is 639 g/mol. The van der Waals surface area contributed by atoms with Gasteiger partial charge in [0.25, 0.3) is 0 Å². The second kappa shape index (κ2) is 15.2. The normalized spacial score (nSPS) is 45.3. The van der Waals surface area contributed by atoms with Gasteiger partial charge in [-0.25, -0.2) is 0 Å². The summed E-state index contributed by atoms with van der Waals surface area (Å²) in [6.07, 6.45) is -0.606. The van der Waals surface area contributed by atoms with Crippen molar-refractivity contribution in [2.45, 2.75) is 149 Å². The zero-order valence-electron chi connectivity index (χ0n) is 29.7. The van der Waals surface area contributed by atoms with Crippen LogP contribution in [0.25, 0.3) is 0 Å². The number of hydrogen-bond acceptors (Lipinski definition) is 10.